The van der Waals surface area contributed by atoms with Crippen molar-refractivity contribution in [2.75, 3.05) is 62.2 Å². The number of fused-ring (bicyclic) bond motifs is 2. The summed E-state index contributed by atoms with van der Waals surface area (Å²) in [6.45, 7) is 12.4. The second-order valence-corrected chi connectivity index (χ2v) is 12.6. The Morgan fingerprint density at radius 1 is 1.07 bits per heavy atom. The van der Waals surface area contributed by atoms with Gasteiger partial charge in [0, 0.05) is 49.4 Å². The monoisotopic (exact) mass is 617 g/mol. The Hall–Kier alpha value is -4.60. The maximum absolute atomic E-state index is 12.6. The minimum Gasteiger partial charge on any atom is -0.477 e. The molecule has 3 aliphatic rings. The van der Waals surface area contributed by atoms with Gasteiger partial charge in [0.25, 0.3) is 0 Å². The van der Waals surface area contributed by atoms with Gasteiger partial charge in [0.15, 0.2) is 0 Å². The predicted molar refractivity (Wildman–Crippen MR) is 181 cm³/mol. The number of likely N-dealkylation sites (tertiary alicyclic amines) is 1. The smallest absolute Gasteiger partial charge is 0.246 e. The maximum Gasteiger partial charge on any atom is 0.246 e. The van der Waals surface area contributed by atoms with Crippen LogP contribution in [0.15, 0.2) is 49.1 Å². The highest BCUT2D eigenvalue weighted by molar-refractivity contribution is 5.97. The molecule has 2 fully saturated rings. The van der Waals surface area contributed by atoms with Gasteiger partial charge in [0.2, 0.25) is 11.8 Å². The fourth-order valence-electron chi connectivity index (χ4n) is 7.45. The van der Waals surface area contributed by atoms with Crippen LogP contribution in [0.4, 0.5) is 11.4 Å². The lowest BCUT2D eigenvalue weighted by molar-refractivity contribution is -0.128. The minimum absolute atomic E-state index is 0.170. The van der Waals surface area contributed by atoms with Gasteiger partial charge in [-0.25, -0.2) is 4.98 Å². The molecule has 9 heteroatoms. The highest BCUT2D eigenvalue weighted by Gasteiger charge is 2.35. The number of carbonyl (C=O) groups is 1. The number of hydrogen-bond acceptors (Lipinski definition) is 8. The van der Waals surface area contributed by atoms with Crippen molar-refractivity contribution in [3.63, 3.8) is 0 Å². The number of anilines is 2. The summed E-state index contributed by atoms with van der Waals surface area (Å²) < 4.78 is 6.36. The summed E-state index contributed by atoms with van der Waals surface area (Å²) in [7, 11) is 0. The first kappa shape index (κ1) is 31.4. The number of aromatic nitrogens is 1. The number of aryl methyl sites for hydroxylation is 1. The fraction of sp³-hybridized carbons (Fsp3) is 0.459. The zero-order valence-electron chi connectivity index (χ0n) is 26.9. The van der Waals surface area contributed by atoms with Crippen molar-refractivity contribution in [1.29, 1.82) is 10.5 Å². The van der Waals surface area contributed by atoms with Crippen LogP contribution in [0, 0.1) is 29.6 Å². The summed E-state index contributed by atoms with van der Waals surface area (Å²) >= 11 is 0. The normalized spacial score (nSPS) is 18.5. The number of pyridine rings is 1. The molecule has 2 aromatic carbocycles. The molecule has 0 unspecified atom stereocenters. The number of piperazine rings is 1. The number of carbonyl (C=O) groups excluding carboxylic acids is 1. The van der Waals surface area contributed by atoms with Crippen LogP contribution in [-0.2, 0) is 17.8 Å². The van der Waals surface area contributed by atoms with Crippen molar-refractivity contribution < 1.29 is 9.53 Å². The lowest BCUT2D eigenvalue weighted by atomic mass is 9.95. The van der Waals surface area contributed by atoms with Gasteiger partial charge in [-0.15, -0.1) is 0 Å². The van der Waals surface area contributed by atoms with E-state index < -0.39 is 0 Å². The second-order valence-electron chi connectivity index (χ2n) is 12.6. The highest BCUT2D eigenvalue weighted by atomic mass is 16.5. The van der Waals surface area contributed by atoms with Gasteiger partial charge in [-0.2, -0.15) is 10.5 Å². The van der Waals surface area contributed by atoms with Crippen molar-refractivity contribution in [2.45, 2.75) is 58.0 Å². The molecule has 1 atom stereocenters. The van der Waals surface area contributed by atoms with Crippen molar-refractivity contribution in [1.82, 2.24) is 14.8 Å². The topological polar surface area (TPSA) is 99.7 Å². The molecule has 46 heavy (non-hydrogen) atoms. The molecule has 0 aliphatic carbocycles. The first-order valence-corrected chi connectivity index (χ1v) is 16.6. The third kappa shape index (κ3) is 6.38. The average Bonchev–Trinajstić information content (AvgIpc) is 3.09. The van der Waals surface area contributed by atoms with E-state index in [4.69, 9.17) is 9.72 Å². The SMILES string of the molecule is C=CC(=O)N1CCN(c2c(C#N)c(OCCCN3CCCCC3)nc3c2CCN(c2cccc4cccc(C)c24)C3)C[C@@H]1CC#N. The van der Waals surface area contributed by atoms with E-state index in [0.717, 1.165) is 56.0 Å². The molecule has 9 nitrogen and oxygen atoms in total. The van der Waals surface area contributed by atoms with Crippen LogP contribution < -0.4 is 14.5 Å². The molecule has 1 aromatic heterocycles. The molecular weight excluding hydrogens is 574 g/mol. The molecule has 0 bridgehead atoms. The van der Waals surface area contributed by atoms with Crippen molar-refractivity contribution in [3.8, 4) is 18.0 Å². The molecule has 6 rings (SSSR count). The molecular formula is C37H43N7O2. The Morgan fingerprint density at radius 2 is 1.87 bits per heavy atom. The number of amides is 1. The fourth-order valence-corrected chi connectivity index (χ4v) is 7.45. The molecule has 3 aliphatic heterocycles. The molecule has 4 heterocycles. The largest absolute Gasteiger partial charge is 0.477 e. The standard InChI is InChI=1S/C37H43N7O2/c1-3-34(45)44-22-21-43(25-29(44)14-16-38)36-30-15-20-42(33-13-8-12-28-11-7-10-27(2)35(28)33)26-32(30)40-37(31(36)24-39)46-23-9-19-41-17-5-4-6-18-41/h3,7-8,10-13,29H,1,4-6,9,14-15,17-23,25-26H2,2H3/t29-/m0/s1. The van der Waals surface area contributed by atoms with Crippen LogP contribution >= 0.6 is 0 Å². The molecule has 0 spiro atoms. The molecule has 2 saturated heterocycles. The average molecular weight is 618 g/mol. The first-order valence-electron chi connectivity index (χ1n) is 16.6. The lowest BCUT2D eigenvalue weighted by Crippen LogP contribution is -2.55. The third-order valence-corrected chi connectivity index (χ3v) is 9.73. The van der Waals surface area contributed by atoms with Crippen LogP contribution in [0.25, 0.3) is 10.8 Å². The molecule has 3 aromatic rings. The van der Waals surface area contributed by atoms with Gasteiger partial charge in [-0.1, -0.05) is 43.3 Å². The van der Waals surface area contributed by atoms with E-state index >= 15 is 0 Å². The second kappa shape index (κ2) is 14.2. The van der Waals surface area contributed by atoms with Gasteiger partial charge < -0.3 is 24.3 Å². The summed E-state index contributed by atoms with van der Waals surface area (Å²) in [4.78, 5) is 26.5. The molecule has 0 radical (unpaired) electrons. The summed E-state index contributed by atoms with van der Waals surface area (Å²) in [5.74, 6) is 0.211. The summed E-state index contributed by atoms with van der Waals surface area (Å²) in [5, 5.41) is 22.6. The van der Waals surface area contributed by atoms with Gasteiger partial charge in [0.05, 0.1) is 43.1 Å². The van der Waals surface area contributed by atoms with Crippen LogP contribution in [0.1, 0.15) is 54.5 Å². The molecule has 0 saturated carbocycles. The number of benzene rings is 2. The zero-order valence-corrected chi connectivity index (χ0v) is 26.9. The van der Waals surface area contributed by atoms with Crippen LogP contribution in [0.3, 0.4) is 0 Å². The van der Waals surface area contributed by atoms with Crippen LogP contribution in [-0.4, -0.2) is 79.2 Å². The van der Waals surface area contributed by atoms with E-state index in [-0.39, 0.29) is 18.4 Å². The lowest BCUT2D eigenvalue weighted by Gasteiger charge is -2.43. The number of piperidine rings is 1. The minimum atomic E-state index is -0.299. The number of rotatable bonds is 9. The first-order chi connectivity index (χ1) is 22.5. The quantitative estimate of drug-likeness (QED) is 0.234. The zero-order chi connectivity index (χ0) is 32.0. The summed E-state index contributed by atoms with van der Waals surface area (Å²) in [5.41, 5.74) is 5.69. The molecule has 0 N–H and O–H groups in total. The summed E-state index contributed by atoms with van der Waals surface area (Å²) in [6, 6.07) is 17.3. The Labute approximate surface area is 272 Å². The van der Waals surface area contributed by atoms with Gasteiger partial charge in [0.1, 0.15) is 11.6 Å². The van der Waals surface area contributed by atoms with Gasteiger partial charge in [-0.05, 0) is 68.8 Å². The summed E-state index contributed by atoms with van der Waals surface area (Å²) in [6.07, 6.45) is 6.92. The number of nitrogens with zero attached hydrogens (tertiary/aromatic N) is 7. The molecule has 238 valence electrons. The third-order valence-electron chi connectivity index (χ3n) is 9.73. The molecule has 1 amide bonds. The van der Waals surface area contributed by atoms with E-state index in [1.165, 1.54) is 47.4 Å². The van der Waals surface area contributed by atoms with Crippen LogP contribution in [0.5, 0.6) is 5.88 Å². The van der Waals surface area contributed by atoms with Crippen LogP contribution in [0.2, 0.25) is 0 Å². The highest BCUT2D eigenvalue weighted by Crippen LogP contribution is 2.40. The van der Waals surface area contributed by atoms with Crippen molar-refractivity contribution in [2.24, 2.45) is 0 Å². The maximum atomic E-state index is 12.6. The van der Waals surface area contributed by atoms with E-state index in [1.54, 1.807) is 4.90 Å². The van der Waals surface area contributed by atoms with Crippen molar-refractivity contribution >= 4 is 28.1 Å². The Morgan fingerprint density at radius 3 is 2.63 bits per heavy atom. The van der Waals surface area contributed by atoms with E-state index in [9.17, 15) is 15.3 Å². The van der Waals surface area contributed by atoms with Gasteiger partial charge >= 0.3 is 0 Å². The van der Waals surface area contributed by atoms with Crippen molar-refractivity contribution in [3.05, 3.63) is 71.4 Å². The van der Waals surface area contributed by atoms with E-state index in [1.807, 2.05) is 0 Å². The predicted octanol–water partition coefficient (Wildman–Crippen LogP) is 5.35. The van der Waals surface area contributed by atoms with E-state index in [0.29, 0.717) is 44.2 Å². The van der Waals surface area contributed by atoms with Gasteiger partial charge in [-0.3, -0.25) is 4.79 Å². The Kier molecular flexibility index (Phi) is 9.71. The number of nitriles is 2. The number of ether oxygens (including phenoxy) is 1. The Balaban J connectivity index is 1.34. The Bertz CT molecular complexity index is 1680. The van der Waals surface area contributed by atoms with E-state index in [2.05, 4.69) is 76.7 Å². The number of hydrogen-bond donors (Lipinski definition) is 0.